The molecular weight excluding hydrogens is 156 g/mol. The van der Waals surface area contributed by atoms with Gasteiger partial charge in [-0.25, -0.2) is 0 Å². The lowest BCUT2D eigenvalue weighted by Gasteiger charge is -2.19. The zero-order valence-electron chi connectivity index (χ0n) is 6.99. The Labute approximate surface area is 71.6 Å². The van der Waals surface area contributed by atoms with Crippen molar-refractivity contribution in [2.75, 3.05) is 0 Å². The number of benzene rings is 1. The molecule has 0 aliphatic rings. The molecule has 0 amide bonds. The van der Waals surface area contributed by atoms with Gasteiger partial charge in [0.25, 0.3) is 0 Å². The Morgan fingerprint density at radius 3 is 2.08 bits per heavy atom. The number of rotatable bonds is 2. The van der Waals surface area contributed by atoms with Gasteiger partial charge in [0, 0.05) is 12.0 Å². The van der Waals surface area contributed by atoms with Crippen molar-refractivity contribution in [1.82, 2.24) is 0 Å². The van der Waals surface area contributed by atoms with Crippen LogP contribution in [0.1, 0.15) is 18.9 Å². The molecule has 68 valence electrons. The summed E-state index contributed by atoms with van der Waals surface area (Å²) in [6.07, 6.45) is 0.303. The molecule has 3 nitrogen and oxygen atoms in total. The van der Waals surface area contributed by atoms with Gasteiger partial charge < -0.3 is 15.7 Å². The van der Waals surface area contributed by atoms with Gasteiger partial charge in [-0.2, -0.15) is 0 Å². The Morgan fingerprint density at radius 2 is 1.67 bits per heavy atom. The van der Waals surface area contributed by atoms with Crippen LogP contribution in [0.4, 0.5) is 0 Å². The first kappa shape index (κ1) is 11.1. The van der Waals surface area contributed by atoms with Crippen molar-refractivity contribution in [3.8, 4) is 0 Å². The lowest BCUT2D eigenvalue weighted by Crippen LogP contribution is -2.23. The van der Waals surface area contributed by atoms with E-state index in [9.17, 15) is 10.2 Å². The third-order valence-electron chi connectivity index (χ3n) is 1.73. The van der Waals surface area contributed by atoms with E-state index in [-0.39, 0.29) is 5.48 Å². The predicted molar refractivity (Wildman–Crippen MR) is 46.5 cm³/mol. The summed E-state index contributed by atoms with van der Waals surface area (Å²) in [5, 5.41) is 18.7. The maximum atomic E-state index is 9.35. The van der Waals surface area contributed by atoms with E-state index in [4.69, 9.17) is 0 Å². The quantitative estimate of drug-likeness (QED) is 0.631. The molecule has 0 aliphatic heterocycles. The van der Waals surface area contributed by atoms with Crippen LogP contribution < -0.4 is 0 Å². The molecule has 1 aromatic carbocycles. The second kappa shape index (κ2) is 4.21. The molecule has 1 rings (SSSR count). The van der Waals surface area contributed by atoms with Crippen molar-refractivity contribution in [2.24, 2.45) is 0 Å². The molecule has 0 heterocycles. The van der Waals surface area contributed by atoms with Crippen LogP contribution in [0.2, 0.25) is 0 Å². The summed E-state index contributed by atoms with van der Waals surface area (Å²) in [6.45, 7) is 1.73. The van der Waals surface area contributed by atoms with Gasteiger partial charge in [0.15, 0.2) is 5.79 Å². The highest BCUT2D eigenvalue weighted by atomic mass is 16.5. The summed E-state index contributed by atoms with van der Waals surface area (Å²) in [4.78, 5) is 0. The third kappa shape index (κ3) is 2.30. The zero-order valence-corrected chi connectivity index (χ0v) is 6.99. The smallest absolute Gasteiger partial charge is 0.189 e. The molecule has 0 aliphatic carbocycles. The largest absolute Gasteiger partial charge is 0.412 e. The minimum atomic E-state index is -1.67. The van der Waals surface area contributed by atoms with Gasteiger partial charge >= 0.3 is 0 Å². The van der Waals surface area contributed by atoms with E-state index in [1.807, 2.05) is 6.07 Å². The van der Waals surface area contributed by atoms with Crippen LogP contribution in [0.25, 0.3) is 0 Å². The minimum Gasteiger partial charge on any atom is -0.412 e. The van der Waals surface area contributed by atoms with Crippen molar-refractivity contribution in [1.29, 1.82) is 0 Å². The van der Waals surface area contributed by atoms with Crippen molar-refractivity contribution < 1.29 is 15.7 Å². The van der Waals surface area contributed by atoms with Crippen LogP contribution in [0.5, 0.6) is 0 Å². The monoisotopic (exact) mass is 170 g/mol. The van der Waals surface area contributed by atoms with Gasteiger partial charge in [-0.3, -0.25) is 0 Å². The molecule has 0 atom stereocenters. The number of hydrogen-bond acceptors (Lipinski definition) is 2. The molecule has 4 N–H and O–H groups in total. The van der Waals surface area contributed by atoms with E-state index >= 15 is 0 Å². The van der Waals surface area contributed by atoms with E-state index in [0.717, 1.165) is 0 Å². The van der Waals surface area contributed by atoms with Crippen LogP contribution in [-0.2, 0) is 5.79 Å². The normalized spacial score (nSPS) is 10.6. The summed E-state index contributed by atoms with van der Waals surface area (Å²) in [7, 11) is 0. The molecule has 0 unspecified atom stereocenters. The topological polar surface area (TPSA) is 72.0 Å². The van der Waals surface area contributed by atoms with Crippen LogP contribution in [0, 0.1) is 0 Å². The lowest BCUT2D eigenvalue weighted by molar-refractivity contribution is -0.171. The van der Waals surface area contributed by atoms with Crippen molar-refractivity contribution >= 4 is 0 Å². The molecular formula is C9H14O3. The van der Waals surface area contributed by atoms with Crippen molar-refractivity contribution in [3.63, 3.8) is 0 Å². The van der Waals surface area contributed by atoms with Gasteiger partial charge in [-0.1, -0.05) is 37.3 Å². The van der Waals surface area contributed by atoms with E-state index in [1.165, 1.54) is 0 Å². The van der Waals surface area contributed by atoms with Crippen LogP contribution in [0.3, 0.4) is 0 Å². The zero-order chi connectivity index (χ0) is 8.32. The van der Waals surface area contributed by atoms with Crippen LogP contribution >= 0.6 is 0 Å². The van der Waals surface area contributed by atoms with E-state index < -0.39 is 5.79 Å². The van der Waals surface area contributed by atoms with Gasteiger partial charge in [0.2, 0.25) is 0 Å². The fourth-order valence-electron chi connectivity index (χ4n) is 0.909. The lowest BCUT2D eigenvalue weighted by atomic mass is 10.0. The van der Waals surface area contributed by atoms with E-state index in [1.54, 1.807) is 31.2 Å². The molecule has 12 heavy (non-hydrogen) atoms. The fraction of sp³-hybridized carbons (Fsp3) is 0.333. The Kier molecular flexibility index (Phi) is 3.89. The van der Waals surface area contributed by atoms with Crippen LogP contribution in [-0.4, -0.2) is 15.7 Å². The molecule has 0 radical (unpaired) electrons. The standard InChI is InChI=1S/C9H12O2.H2O/c1-2-9(10,11)8-6-4-3-5-7-8;/h3-7,10-11H,2H2,1H3;1H2. The molecule has 0 bridgehead atoms. The average Bonchev–Trinajstić information content (AvgIpc) is 2.06. The van der Waals surface area contributed by atoms with E-state index in [2.05, 4.69) is 0 Å². The first-order valence-electron chi connectivity index (χ1n) is 3.67. The van der Waals surface area contributed by atoms with Gasteiger partial charge in [0.05, 0.1) is 0 Å². The summed E-state index contributed by atoms with van der Waals surface area (Å²) in [6, 6.07) is 8.81. The second-order valence-electron chi connectivity index (χ2n) is 2.54. The van der Waals surface area contributed by atoms with Gasteiger partial charge in [-0.05, 0) is 0 Å². The Balaban J connectivity index is 0.00000121. The fourth-order valence-corrected chi connectivity index (χ4v) is 0.909. The highest BCUT2D eigenvalue weighted by molar-refractivity contribution is 5.19. The molecule has 0 saturated carbocycles. The average molecular weight is 170 g/mol. The first-order valence-corrected chi connectivity index (χ1v) is 3.67. The molecule has 0 aromatic heterocycles. The second-order valence-corrected chi connectivity index (χ2v) is 2.54. The number of hydrogen-bond donors (Lipinski definition) is 2. The summed E-state index contributed by atoms with van der Waals surface area (Å²) in [5.74, 6) is -1.67. The first-order chi connectivity index (χ1) is 5.17. The highest BCUT2D eigenvalue weighted by Crippen LogP contribution is 2.20. The van der Waals surface area contributed by atoms with Crippen LogP contribution in [0.15, 0.2) is 30.3 Å². The SMILES string of the molecule is CCC(O)(O)c1ccccc1.O. The predicted octanol–water partition coefficient (Wildman–Crippen LogP) is 0.409. The van der Waals surface area contributed by atoms with E-state index in [0.29, 0.717) is 12.0 Å². The summed E-state index contributed by atoms with van der Waals surface area (Å²) in [5.41, 5.74) is 0.544. The summed E-state index contributed by atoms with van der Waals surface area (Å²) >= 11 is 0. The van der Waals surface area contributed by atoms with Gasteiger partial charge in [-0.15, -0.1) is 0 Å². The van der Waals surface area contributed by atoms with Crippen molar-refractivity contribution in [2.45, 2.75) is 19.1 Å². The Hall–Kier alpha value is -0.900. The highest BCUT2D eigenvalue weighted by Gasteiger charge is 2.21. The molecule has 0 saturated heterocycles. The van der Waals surface area contributed by atoms with Gasteiger partial charge in [0.1, 0.15) is 0 Å². The Morgan fingerprint density at radius 1 is 1.17 bits per heavy atom. The third-order valence-corrected chi connectivity index (χ3v) is 1.73. The molecule has 0 spiro atoms. The molecule has 0 fully saturated rings. The Bertz CT molecular complexity index is 218. The minimum absolute atomic E-state index is 0. The van der Waals surface area contributed by atoms with Crippen molar-refractivity contribution in [3.05, 3.63) is 35.9 Å². The molecule has 1 aromatic rings. The maximum Gasteiger partial charge on any atom is 0.189 e. The summed E-state index contributed by atoms with van der Waals surface area (Å²) < 4.78 is 0. The number of aliphatic hydroxyl groups is 2. The molecule has 3 heteroatoms. The maximum absolute atomic E-state index is 9.35.